The molecule has 34 heavy (non-hydrogen) atoms. The van der Waals surface area contributed by atoms with E-state index < -0.39 is 28.6 Å². The summed E-state index contributed by atoms with van der Waals surface area (Å²) in [5, 5.41) is 14.9. The molecule has 2 heterocycles. The number of nitrogens with one attached hydrogen (secondary N) is 2. The highest BCUT2D eigenvalue weighted by molar-refractivity contribution is 5.80. The Morgan fingerprint density at radius 1 is 1.26 bits per heavy atom. The largest absolute Gasteiger partial charge is 0.394 e. The van der Waals surface area contributed by atoms with Crippen molar-refractivity contribution < 1.29 is 23.1 Å². The van der Waals surface area contributed by atoms with Gasteiger partial charge in [0.25, 0.3) is 0 Å². The molecule has 0 saturated heterocycles. The summed E-state index contributed by atoms with van der Waals surface area (Å²) in [5.41, 5.74) is 5.16. The van der Waals surface area contributed by atoms with Crippen LogP contribution in [0.2, 0.25) is 0 Å². The molecule has 0 radical (unpaired) electrons. The summed E-state index contributed by atoms with van der Waals surface area (Å²) in [6.07, 6.45) is 3.60. The van der Waals surface area contributed by atoms with Crippen LogP contribution in [-0.4, -0.2) is 43.2 Å². The number of halogens is 3. The van der Waals surface area contributed by atoms with Gasteiger partial charge in [-0.25, -0.2) is 23.1 Å². The summed E-state index contributed by atoms with van der Waals surface area (Å²) < 4.78 is 43.8. The maximum Gasteiger partial charge on any atom is 0.225 e. The highest BCUT2D eigenvalue weighted by Crippen LogP contribution is 2.43. The zero-order valence-corrected chi connectivity index (χ0v) is 18.8. The van der Waals surface area contributed by atoms with Crippen molar-refractivity contribution in [2.75, 3.05) is 17.2 Å². The van der Waals surface area contributed by atoms with Gasteiger partial charge in [0.15, 0.2) is 17.3 Å². The third-order valence-electron chi connectivity index (χ3n) is 6.34. The number of hydrogen-bond donors (Lipinski definition) is 4. The highest BCUT2D eigenvalue weighted by Gasteiger charge is 2.37. The van der Waals surface area contributed by atoms with Gasteiger partial charge in [-0.2, -0.15) is 4.98 Å². The number of aliphatic hydroxyl groups excluding tert-OH is 1. The third-order valence-corrected chi connectivity index (χ3v) is 6.34. The van der Waals surface area contributed by atoms with E-state index in [1.807, 2.05) is 6.92 Å². The Morgan fingerprint density at radius 2 is 1.91 bits per heavy atom. The molecule has 1 aromatic carbocycles. The first-order valence-electron chi connectivity index (χ1n) is 10.9. The lowest BCUT2D eigenvalue weighted by Crippen LogP contribution is -2.38. The number of carbonyl (C=O) groups is 1. The van der Waals surface area contributed by atoms with Crippen LogP contribution in [0.3, 0.4) is 0 Å². The molecule has 0 bridgehead atoms. The first kappa shape index (κ1) is 23.7. The minimum absolute atomic E-state index is 0.105. The number of fused-ring (bicyclic) bond motifs is 1. The molecule has 3 aromatic rings. The molecule has 1 fully saturated rings. The fourth-order valence-corrected chi connectivity index (χ4v) is 4.18. The van der Waals surface area contributed by atoms with E-state index in [-0.39, 0.29) is 36.5 Å². The fraction of sp³-hybridized carbons (Fsp3) is 0.455. The molecule has 2 aromatic heterocycles. The Bertz CT molecular complexity index is 1200. The monoisotopic (exact) mass is 477 g/mol. The number of rotatable bonds is 7. The number of primary amides is 1. The smallest absolute Gasteiger partial charge is 0.225 e. The van der Waals surface area contributed by atoms with E-state index in [9.17, 15) is 23.1 Å². The van der Waals surface area contributed by atoms with Gasteiger partial charge < -0.3 is 21.5 Å². The van der Waals surface area contributed by atoms with Crippen LogP contribution in [-0.2, 0) is 4.79 Å². The molecule has 1 amide bonds. The Morgan fingerprint density at radius 3 is 2.50 bits per heavy atom. The summed E-state index contributed by atoms with van der Waals surface area (Å²) in [6, 6.07) is 0.648. The number of imidazole rings is 1. The van der Waals surface area contributed by atoms with Gasteiger partial charge >= 0.3 is 0 Å². The second-order valence-corrected chi connectivity index (χ2v) is 8.96. The summed E-state index contributed by atoms with van der Waals surface area (Å²) in [6.45, 7) is 3.44. The predicted octanol–water partition coefficient (Wildman–Crippen LogP) is 3.39. The molecule has 12 heteroatoms. The SMILES string of the molecule is C[C@@H](CO)Nc1ncc2nc(Nc3c(F)cc(F)cc3F)n(C3CCC(C)(C(N)=O)CC3)c2n1. The number of nitrogens with zero attached hydrogens (tertiary/aromatic N) is 4. The number of hydrogen-bond acceptors (Lipinski definition) is 7. The molecule has 1 saturated carbocycles. The van der Waals surface area contributed by atoms with Crippen molar-refractivity contribution in [1.82, 2.24) is 19.5 Å². The quantitative estimate of drug-likeness (QED) is 0.410. The number of benzene rings is 1. The van der Waals surface area contributed by atoms with Crippen LogP contribution in [0.25, 0.3) is 11.2 Å². The maximum absolute atomic E-state index is 14.4. The standard InChI is InChI=1S/C22H26F3N7O2/c1-11(10-33)28-20-27-9-16-18(31-20)32(13-3-5-22(2,6-4-13)19(26)34)21(29-16)30-17-14(24)7-12(23)8-15(17)25/h7-9,11,13,33H,3-6,10H2,1-2H3,(H2,26,34)(H,29,30)(H,27,28,31)/t11-,13?,22?/m0/s1. The van der Waals surface area contributed by atoms with Crippen LogP contribution in [0.5, 0.6) is 0 Å². The summed E-state index contributed by atoms with van der Waals surface area (Å²) in [7, 11) is 0. The van der Waals surface area contributed by atoms with Gasteiger partial charge in [0, 0.05) is 29.6 Å². The van der Waals surface area contributed by atoms with Crippen molar-refractivity contribution in [3.8, 4) is 0 Å². The van der Waals surface area contributed by atoms with Crippen LogP contribution in [0, 0.1) is 22.9 Å². The Kier molecular flexibility index (Phi) is 6.34. The number of anilines is 3. The van der Waals surface area contributed by atoms with Gasteiger partial charge in [-0.05, 0) is 32.6 Å². The average Bonchev–Trinajstić information content (AvgIpc) is 3.14. The molecule has 1 aliphatic carbocycles. The van der Waals surface area contributed by atoms with Gasteiger partial charge in [-0.1, -0.05) is 6.92 Å². The molecule has 0 aliphatic heterocycles. The molecule has 5 N–H and O–H groups in total. The number of aliphatic hydroxyl groups is 1. The second-order valence-electron chi connectivity index (χ2n) is 8.96. The summed E-state index contributed by atoms with van der Waals surface area (Å²) in [5.74, 6) is -3.27. The van der Waals surface area contributed by atoms with Gasteiger partial charge in [0.2, 0.25) is 17.8 Å². The van der Waals surface area contributed by atoms with Gasteiger partial charge in [-0.15, -0.1) is 0 Å². The molecule has 0 unspecified atom stereocenters. The molecule has 182 valence electrons. The van der Waals surface area contributed by atoms with E-state index in [0.717, 1.165) is 0 Å². The van der Waals surface area contributed by atoms with Crippen molar-refractivity contribution in [1.29, 1.82) is 0 Å². The predicted molar refractivity (Wildman–Crippen MR) is 120 cm³/mol. The number of nitrogens with two attached hydrogens (primary N) is 1. The van der Waals surface area contributed by atoms with Gasteiger partial charge in [0.05, 0.1) is 12.8 Å². The lowest BCUT2D eigenvalue weighted by molar-refractivity contribution is -0.128. The lowest BCUT2D eigenvalue weighted by Gasteiger charge is -2.35. The second kappa shape index (κ2) is 9.09. The van der Waals surface area contributed by atoms with Crippen molar-refractivity contribution in [3.05, 3.63) is 35.8 Å². The van der Waals surface area contributed by atoms with Crippen molar-refractivity contribution in [2.45, 2.75) is 51.6 Å². The van der Waals surface area contributed by atoms with E-state index in [2.05, 4.69) is 25.6 Å². The molecule has 0 spiro atoms. The molecule has 1 atom stereocenters. The molecule has 4 rings (SSSR count). The Labute approximate surface area is 193 Å². The molecule has 1 aliphatic rings. The third kappa shape index (κ3) is 4.49. The summed E-state index contributed by atoms with van der Waals surface area (Å²) >= 11 is 0. The van der Waals surface area contributed by atoms with Gasteiger partial charge in [0.1, 0.15) is 17.0 Å². The lowest BCUT2D eigenvalue weighted by atomic mass is 9.73. The minimum Gasteiger partial charge on any atom is -0.394 e. The zero-order chi connectivity index (χ0) is 24.6. The first-order valence-corrected chi connectivity index (χ1v) is 10.9. The van der Waals surface area contributed by atoms with Crippen molar-refractivity contribution in [3.63, 3.8) is 0 Å². The van der Waals surface area contributed by atoms with Crippen LogP contribution < -0.4 is 16.4 Å². The van der Waals surface area contributed by atoms with E-state index in [4.69, 9.17) is 5.73 Å². The molecule has 9 nitrogen and oxygen atoms in total. The normalized spacial score (nSPS) is 21.4. The number of aromatic nitrogens is 4. The zero-order valence-electron chi connectivity index (χ0n) is 18.8. The van der Waals surface area contributed by atoms with E-state index >= 15 is 0 Å². The van der Waals surface area contributed by atoms with Crippen molar-refractivity contribution >= 4 is 34.7 Å². The van der Waals surface area contributed by atoms with E-state index in [1.165, 1.54) is 6.20 Å². The van der Waals surface area contributed by atoms with Crippen LogP contribution in [0.4, 0.5) is 30.8 Å². The van der Waals surface area contributed by atoms with Crippen LogP contribution >= 0.6 is 0 Å². The molecular weight excluding hydrogens is 451 g/mol. The minimum atomic E-state index is -1.11. The number of carbonyl (C=O) groups excluding carboxylic acids is 1. The Hall–Kier alpha value is -3.41. The Balaban J connectivity index is 1.78. The topological polar surface area (TPSA) is 131 Å². The van der Waals surface area contributed by atoms with Crippen molar-refractivity contribution in [2.24, 2.45) is 11.1 Å². The van der Waals surface area contributed by atoms with Gasteiger partial charge in [-0.3, -0.25) is 9.36 Å². The van der Waals surface area contributed by atoms with E-state index in [1.54, 1.807) is 11.5 Å². The number of amides is 1. The highest BCUT2D eigenvalue weighted by atomic mass is 19.1. The first-order chi connectivity index (χ1) is 16.1. The average molecular weight is 477 g/mol. The fourth-order valence-electron chi connectivity index (χ4n) is 4.18. The van der Waals surface area contributed by atoms with Crippen LogP contribution in [0.15, 0.2) is 18.3 Å². The van der Waals surface area contributed by atoms with E-state index in [0.29, 0.717) is 49.0 Å². The van der Waals surface area contributed by atoms with Crippen LogP contribution in [0.1, 0.15) is 45.6 Å². The summed E-state index contributed by atoms with van der Waals surface area (Å²) in [4.78, 5) is 25.0. The maximum atomic E-state index is 14.4. The molecular formula is C22H26F3N7O2.